The molecular formula is C27H31N3O4. The van der Waals surface area contributed by atoms with Gasteiger partial charge in [0, 0.05) is 24.3 Å². The third-order valence-electron chi connectivity index (χ3n) is 7.59. The molecule has 178 valence electrons. The lowest BCUT2D eigenvalue weighted by Crippen LogP contribution is -2.51. The number of hydrogen-bond donors (Lipinski definition) is 2. The van der Waals surface area contributed by atoms with Gasteiger partial charge in [-0.15, -0.1) is 0 Å². The number of likely N-dealkylation sites (tertiary alicyclic amines) is 1. The summed E-state index contributed by atoms with van der Waals surface area (Å²) in [5, 5.41) is 5.89. The summed E-state index contributed by atoms with van der Waals surface area (Å²) >= 11 is 0. The zero-order valence-electron chi connectivity index (χ0n) is 19.6. The van der Waals surface area contributed by atoms with E-state index in [0.717, 1.165) is 54.7 Å². The van der Waals surface area contributed by atoms with Crippen LogP contribution in [-0.4, -0.2) is 42.3 Å². The lowest BCUT2D eigenvalue weighted by Gasteiger charge is -2.35. The lowest BCUT2D eigenvalue weighted by molar-refractivity contribution is -0.141. The van der Waals surface area contributed by atoms with Gasteiger partial charge in [-0.3, -0.25) is 14.4 Å². The number of nitrogens with zero attached hydrogens (tertiary/aromatic N) is 1. The van der Waals surface area contributed by atoms with Crippen molar-refractivity contribution in [3.8, 4) is 5.75 Å². The minimum atomic E-state index is -0.570. The van der Waals surface area contributed by atoms with Crippen LogP contribution in [0.25, 0.3) is 0 Å². The van der Waals surface area contributed by atoms with Gasteiger partial charge >= 0.3 is 0 Å². The van der Waals surface area contributed by atoms with E-state index in [2.05, 4.69) is 10.6 Å². The van der Waals surface area contributed by atoms with Crippen LogP contribution < -0.4 is 15.4 Å². The van der Waals surface area contributed by atoms with E-state index in [4.69, 9.17) is 4.74 Å². The molecule has 0 spiro atoms. The van der Waals surface area contributed by atoms with E-state index in [1.54, 1.807) is 13.2 Å². The highest BCUT2D eigenvalue weighted by Crippen LogP contribution is 2.44. The first kappa shape index (κ1) is 22.4. The second-order valence-corrected chi connectivity index (χ2v) is 9.58. The van der Waals surface area contributed by atoms with Crippen molar-refractivity contribution >= 4 is 29.1 Å². The zero-order valence-corrected chi connectivity index (χ0v) is 19.6. The predicted octanol–water partition coefficient (Wildman–Crippen LogP) is 4.02. The number of amides is 3. The molecule has 2 heterocycles. The van der Waals surface area contributed by atoms with Crippen molar-refractivity contribution in [3.05, 3.63) is 53.6 Å². The second-order valence-electron chi connectivity index (χ2n) is 9.58. The van der Waals surface area contributed by atoms with E-state index in [9.17, 15) is 14.4 Å². The molecule has 34 heavy (non-hydrogen) atoms. The molecule has 7 heteroatoms. The predicted molar refractivity (Wildman–Crippen MR) is 130 cm³/mol. The molecular weight excluding hydrogens is 430 g/mol. The summed E-state index contributed by atoms with van der Waals surface area (Å²) in [6.45, 7) is 0.602. The molecule has 2 aliphatic heterocycles. The molecule has 2 aromatic rings. The fraction of sp³-hybridized carbons (Fsp3) is 0.444. The molecule has 3 amide bonds. The molecule has 1 saturated heterocycles. The van der Waals surface area contributed by atoms with Gasteiger partial charge in [0.15, 0.2) is 0 Å². The first-order valence-corrected chi connectivity index (χ1v) is 12.2. The standard InChI is InChI=1S/C27H31N3O4/c1-34-21-10-7-19(8-11-21)27(14-2-3-15-27)26(33)30-16-4-5-23(30)25(32)28-20-9-12-22-18(17-20)6-13-24(31)29-22/h7-12,17,23H,2-6,13-16H2,1H3,(H,28,32)(H,29,31)/t23-/m1/s1. The van der Waals surface area contributed by atoms with Crippen molar-refractivity contribution in [3.63, 3.8) is 0 Å². The largest absolute Gasteiger partial charge is 0.497 e. The smallest absolute Gasteiger partial charge is 0.247 e. The maximum Gasteiger partial charge on any atom is 0.247 e. The van der Waals surface area contributed by atoms with Crippen LogP contribution in [0.1, 0.15) is 56.1 Å². The molecule has 0 radical (unpaired) electrons. The summed E-state index contributed by atoms with van der Waals surface area (Å²) in [6, 6.07) is 12.9. The topological polar surface area (TPSA) is 87.7 Å². The van der Waals surface area contributed by atoms with Crippen LogP contribution in [0.2, 0.25) is 0 Å². The van der Waals surface area contributed by atoms with Crippen LogP contribution in [0.5, 0.6) is 5.75 Å². The van der Waals surface area contributed by atoms with Gasteiger partial charge in [0.1, 0.15) is 11.8 Å². The molecule has 0 aromatic heterocycles. The molecule has 1 saturated carbocycles. The minimum Gasteiger partial charge on any atom is -0.497 e. The number of carbonyl (C=O) groups excluding carboxylic acids is 3. The Hall–Kier alpha value is -3.35. The monoisotopic (exact) mass is 461 g/mol. The summed E-state index contributed by atoms with van der Waals surface area (Å²) in [7, 11) is 1.64. The normalized spacial score (nSPS) is 21.0. The number of carbonyl (C=O) groups is 3. The molecule has 5 rings (SSSR count). The highest BCUT2D eigenvalue weighted by molar-refractivity contribution is 6.00. The minimum absolute atomic E-state index is 0.0158. The average Bonchev–Trinajstić information content (AvgIpc) is 3.55. The number of benzene rings is 2. The van der Waals surface area contributed by atoms with Crippen LogP contribution in [0, 0.1) is 0 Å². The van der Waals surface area contributed by atoms with Crippen molar-refractivity contribution < 1.29 is 19.1 Å². The Morgan fingerprint density at radius 2 is 1.82 bits per heavy atom. The van der Waals surface area contributed by atoms with E-state index in [0.29, 0.717) is 31.5 Å². The van der Waals surface area contributed by atoms with Gasteiger partial charge in [-0.05, 0) is 73.6 Å². The Labute approximate surface area is 199 Å². The van der Waals surface area contributed by atoms with Gasteiger partial charge in [0.2, 0.25) is 17.7 Å². The van der Waals surface area contributed by atoms with Crippen LogP contribution in [0.3, 0.4) is 0 Å². The Kier molecular flexibility index (Phi) is 6.02. The quantitative estimate of drug-likeness (QED) is 0.704. The first-order chi connectivity index (χ1) is 16.5. The summed E-state index contributed by atoms with van der Waals surface area (Å²) in [5.41, 5.74) is 2.96. The Morgan fingerprint density at radius 1 is 1.06 bits per heavy atom. The molecule has 7 nitrogen and oxygen atoms in total. The van der Waals surface area contributed by atoms with Crippen molar-refractivity contribution in [2.75, 3.05) is 24.3 Å². The van der Waals surface area contributed by atoms with Crippen molar-refractivity contribution in [1.29, 1.82) is 0 Å². The van der Waals surface area contributed by atoms with Gasteiger partial charge in [-0.1, -0.05) is 25.0 Å². The molecule has 1 atom stereocenters. The third-order valence-corrected chi connectivity index (χ3v) is 7.59. The summed E-state index contributed by atoms with van der Waals surface area (Å²) in [6.07, 6.45) is 6.21. The number of anilines is 2. The van der Waals surface area contributed by atoms with Crippen LogP contribution in [0.4, 0.5) is 11.4 Å². The van der Waals surface area contributed by atoms with Crippen molar-refractivity contribution in [2.24, 2.45) is 0 Å². The molecule has 1 aliphatic carbocycles. The van der Waals surface area contributed by atoms with Crippen LogP contribution >= 0.6 is 0 Å². The van der Waals surface area contributed by atoms with Crippen LogP contribution in [0.15, 0.2) is 42.5 Å². The first-order valence-electron chi connectivity index (χ1n) is 12.2. The van der Waals surface area contributed by atoms with E-state index in [-0.39, 0.29) is 17.7 Å². The molecule has 2 fully saturated rings. The van der Waals surface area contributed by atoms with Crippen molar-refractivity contribution in [2.45, 2.75) is 62.8 Å². The highest BCUT2D eigenvalue weighted by Gasteiger charge is 2.48. The van der Waals surface area contributed by atoms with E-state index in [1.807, 2.05) is 41.3 Å². The van der Waals surface area contributed by atoms with E-state index >= 15 is 0 Å². The average molecular weight is 462 g/mol. The highest BCUT2D eigenvalue weighted by atomic mass is 16.5. The molecule has 3 aliphatic rings. The summed E-state index contributed by atoms with van der Waals surface area (Å²) in [4.78, 5) is 40.7. The van der Waals surface area contributed by atoms with E-state index < -0.39 is 11.5 Å². The maximum absolute atomic E-state index is 14.0. The van der Waals surface area contributed by atoms with Gasteiger partial charge < -0.3 is 20.3 Å². The van der Waals surface area contributed by atoms with Gasteiger partial charge in [-0.2, -0.15) is 0 Å². The molecule has 0 unspecified atom stereocenters. The third kappa shape index (κ3) is 4.04. The molecule has 2 aromatic carbocycles. The lowest BCUT2D eigenvalue weighted by atomic mass is 9.77. The fourth-order valence-corrected chi connectivity index (χ4v) is 5.76. The number of fused-ring (bicyclic) bond motifs is 1. The number of hydrogen-bond acceptors (Lipinski definition) is 4. The number of nitrogens with one attached hydrogen (secondary N) is 2. The van der Waals surface area contributed by atoms with Gasteiger partial charge in [-0.25, -0.2) is 0 Å². The summed E-state index contributed by atoms with van der Waals surface area (Å²) < 4.78 is 5.30. The SMILES string of the molecule is COc1ccc(C2(C(=O)N3CCC[C@@H]3C(=O)Nc3ccc4c(c3)CCC(=O)N4)CCCC2)cc1. The second kappa shape index (κ2) is 9.12. The Balaban J connectivity index is 1.35. The van der Waals surface area contributed by atoms with E-state index in [1.165, 1.54) is 0 Å². The van der Waals surface area contributed by atoms with Crippen molar-refractivity contribution in [1.82, 2.24) is 4.90 Å². The zero-order chi connectivity index (χ0) is 23.7. The molecule has 0 bridgehead atoms. The summed E-state index contributed by atoms with van der Waals surface area (Å²) in [5.74, 6) is 0.712. The number of methoxy groups -OCH3 is 1. The number of rotatable bonds is 5. The van der Waals surface area contributed by atoms with Gasteiger partial charge in [0.25, 0.3) is 0 Å². The fourth-order valence-electron chi connectivity index (χ4n) is 5.76. The molecule has 2 N–H and O–H groups in total. The van der Waals surface area contributed by atoms with Gasteiger partial charge in [0.05, 0.1) is 12.5 Å². The van der Waals surface area contributed by atoms with Crippen LogP contribution in [-0.2, 0) is 26.2 Å². The number of aryl methyl sites for hydroxylation is 1. The Bertz CT molecular complexity index is 1110. The number of ether oxygens (including phenoxy) is 1. The maximum atomic E-state index is 14.0. The Morgan fingerprint density at radius 3 is 2.56 bits per heavy atom.